The van der Waals surface area contributed by atoms with E-state index in [1.165, 1.54) is 46.8 Å². The lowest BCUT2D eigenvalue weighted by molar-refractivity contribution is -1.05. The Bertz CT molecular complexity index is 1140. The Morgan fingerprint density at radius 2 is 2.03 bits per heavy atom. The zero-order valence-corrected chi connectivity index (χ0v) is 18.3. The van der Waals surface area contributed by atoms with Gasteiger partial charge < -0.3 is 9.22 Å². The van der Waals surface area contributed by atoms with Gasteiger partial charge in [0, 0.05) is 42.3 Å². The molecule has 0 amide bonds. The number of hydrogen-bond donors (Lipinski definition) is 0. The summed E-state index contributed by atoms with van der Waals surface area (Å²) in [5.41, 5.74) is 4.45. The molecule has 1 spiro atoms. The van der Waals surface area contributed by atoms with E-state index in [1.54, 1.807) is 7.11 Å². The lowest BCUT2D eigenvalue weighted by atomic mass is 9.52. The number of allylic oxidation sites excluding steroid dienone is 1. The van der Waals surface area contributed by atoms with Crippen LogP contribution < -0.4 is 4.74 Å². The van der Waals surface area contributed by atoms with Crippen molar-refractivity contribution in [2.75, 3.05) is 13.7 Å². The van der Waals surface area contributed by atoms with Gasteiger partial charge in [0.2, 0.25) is 0 Å². The molecule has 1 aromatic heterocycles. The number of methoxy groups -OCH3 is 1. The van der Waals surface area contributed by atoms with Gasteiger partial charge in [0.15, 0.2) is 0 Å². The first-order valence-electron chi connectivity index (χ1n) is 11.6. The standard InChI is InChI=1S/C28H31N2O/c1-3-21-17-28-18-23(15-22-11-13-29-27-10-9-24(31-2)16-25(22)27)30(28,14-12-26(21)28)19-20-7-5-4-6-8-20/h3-11,13,16,21,23,26H,1,12,14-15,17-19H2,2H3/q+1. The Morgan fingerprint density at radius 1 is 1.16 bits per heavy atom. The van der Waals surface area contributed by atoms with Crippen molar-refractivity contribution in [2.45, 2.75) is 43.8 Å². The van der Waals surface area contributed by atoms with Gasteiger partial charge in [-0.25, -0.2) is 0 Å². The van der Waals surface area contributed by atoms with Crippen LogP contribution in [0.25, 0.3) is 10.9 Å². The summed E-state index contributed by atoms with van der Waals surface area (Å²) in [7, 11) is 1.74. The van der Waals surface area contributed by atoms with E-state index in [4.69, 9.17) is 4.74 Å². The summed E-state index contributed by atoms with van der Waals surface area (Å²) in [5.74, 6) is 2.47. The maximum absolute atomic E-state index is 5.51. The maximum atomic E-state index is 5.51. The highest BCUT2D eigenvalue weighted by molar-refractivity contribution is 5.83. The van der Waals surface area contributed by atoms with Crippen molar-refractivity contribution in [1.29, 1.82) is 0 Å². The summed E-state index contributed by atoms with van der Waals surface area (Å²) in [6, 6.07) is 20.3. The van der Waals surface area contributed by atoms with Crippen LogP contribution in [0.4, 0.5) is 0 Å². The molecule has 3 fully saturated rings. The minimum absolute atomic E-state index is 0.486. The minimum atomic E-state index is 0.486. The molecule has 5 unspecified atom stereocenters. The molecule has 6 rings (SSSR count). The molecule has 158 valence electrons. The fraction of sp³-hybridized carbons (Fsp3) is 0.393. The van der Waals surface area contributed by atoms with E-state index in [0.29, 0.717) is 11.6 Å². The van der Waals surface area contributed by atoms with Crippen molar-refractivity contribution in [2.24, 2.45) is 11.8 Å². The van der Waals surface area contributed by atoms with Crippen molar-refractivity contribution in [1.82, 2.24) is 4.98 Å². The molecule has 0 N–H and O–H groups in total. The van der Waals surface area contributed by atoms with Crippen LogP contribution in [-0.2, 0) is 13.0 Å². The first-order chi connectivity index (χ1) is 15.2. The molecule has 3 aromatic rings. The number of aromatic nitrogens is 1. The first kappa shape index (κ1) is 19.1. The predicted octanol–water partition coefficient (Wildman–Crippen LogP) is 5.54. The number of ether oxygens (including phenoxy) is 1. The maximum Gasteiger partial charge on any atom is 0.119 e. The third-order valence-corrected chi connectivity index (χ3v) is 8.92. The van der Waals surface area contributed by atoms with E-state index in [9.17, 15) is 0 Å². The van der Waals surface area contributed by atoms with E-state index in [-0.39, 0.29) is 0 Å². The Kier molecular flexibility index (Phi) is 4.26. The zero-order chi connectivity index (χ0) is 21.1. The number of quaternary nitrogens is 1. The van der Waals surface area contributed by atoms with Crippen LogP contribution >= 0.6 is 0 Å². The average Bonchev–Trinajstić information content (AvgIpc) is 2.97. The summed E-state index contributed by atoms with van der Waals surface area (Å²) >= 11 is 0. The van der Waals surface area contributed by atoms with Crippen molar-refractivity contribution >= 4 is 10.9 Å². The van der Waals surface area contributed by atoms with Gasteiger partial charge in [0.1, 0.15) is 17.8 Å². The van der Waals surface area contributed by atoms with Crippen LogP contribution in [0, 0.1) is 11.8 Å². The van der Waals surface area contributed by atoms with E-state index >= 15 is 0 Å². The largest absolute Gasteiger partial charge is 0.497 e. The minimum Gasteiger partial charge on any atom is -0.497 e. The van der Waals surface area contributed by atoms with Crippen molar-refractivity contribution in [3.63, 3.8) is 0 Å². The lowest BCUT2D eigenvalue weighted by Gasteiger charge is -2.70. The molecule has 3 heteroatoms. The van der Waals surface area contributed by atoms with Crippen molar-refractivity contribution in [3.05, 3.63) is 84.6 Å². The van der Waals surface area contributed by atoms with Gasteiger partial charge in [-0.15, -0.1) is 6.58 Å². The van der Waals surface area contributed by atoms with Gasteiger partial charge in [-0.1, -0.05) is 36.4 Å². The monoisotopic (exact) mass is 411 g/mol. The molecule has 1 saturated carbocycles. The number of rotatable bonds is 6. The molecule has 3 aliphatic rings. The second kappa shape index (κ2) is 6.93. The summed E-state index contributed by atoms with van der Waals surface area (Å²) < 4.78 is 6.79. The van der Waals surface area contributed by atoms with Gasteiger partial charge >= 0.3 is 0 Å². The number of pyridine rings is 1. The van der Waals surface area contributed by atoms with Crippen LogP contribution in [0.5, 0.6) is 5.75 Å². The fourth-order valence-corrected chi connectivity index (χ4v) is 7.47. The molecule has 0 radical (unpaired) electrons. The second-order valence-electron chi connectivity index (χ2n) is 9.92. The molecule has 3 heterocycles. The highest BCUT2D eigenvalue weighted by Crippen LogP contribution is 2.68. The van der Waals surface area contributed by atoms with Crippen LogP contribution in [0.2, 0.25) is 0 Å². The van der Waals surface area contributed by atoms with Crippen molar-refractivity contribution in [3.8, 4) is 5.75 Å². The first-order valence-corrected chi connectivity index (χ1v) is 11.6. The molecular formula is C28H31N2O+. The topological polar surface area (TPSA) is 22.1 Å². The van der Waals surface area contributed by atoms with Gasteiger partial charge in [0.25, 0.3) is 0 Å². The summed E-state index contributed by atoms with van der Waals surface area (Å²) in [5, 5.41) is 1.24. The molecule has 2 aliphatic heterocycles. The molecule has 3 nitrogen and oxygen atoms in total. The normalized spacial score (nSPS) is 33.1. The molecule has 0 bridgehead atoms. The van der Waals surface area contributed by atoms with Crippen LogP contribution in [0.15, 0.2) is 73.4 Å². The third kappa shape index (κ3) is 2.59. The molecular weight excluding hydrogens is 380 g/mol. The highest BCUT2D eigenvalue weighted by Gasteiger charge is 2.77. The van der Waals surface area contributed by atoms with E-state index in [0.717, 1.165) is 36.1 Å². The summed E-state index contributed by atoms with van der Waals surface area (Å²) in [6.07, 6.45) is 9.35. The quantitative estimate of drug-likeness (QED) is 0.392. The lowest BCUT2D eigenvalue weighted by Crippen LogP contribution is -2.81. The van der Waals surface area contributed by atoms with Crippen LogP contribution in [0.3, 0.4) is 0 Å². The third-order valence-electron chi connectivity index (χ3n) is 8.92. The Hall–Kier alpha value is -2.65. The number of nitrogens with zero attached hydrogens (tertiary/aromatic N) is 2. The van der Waals surface area contributed by atoms with E-state index < -0.39 is 0 Å². The van der Waals surface area contributed by atoms with Crippen molar-refractivity contribution < 1.29 is 9.22 Å². The fourth-order valence-electron chi connectivity index (χ4n) is 7.47. The SMILES string of the molecule is C=CC1CC23CC(Cc4ccnc5ccc(OC)cc45)[N+]2(Cc2ccccc2)CCC13. The van der Waals surface area contributed by atoms with Crippen LogP contribution in [-0.4, -0.2) is 34.7 Å². The molecule has 2 aromatic carbocycles. The average molecular weight is 412 g/mol. The summed E-state index contributed by atoms with van der Waals surface area (Å²) in [4.78, 5) is 4.61. The smallest absolute Gasteiger partial charge is 0.119 e. The van der Waals surface area contributed by atoms with Crippen LogP contribution in [0.1, 0.15) is 30.4 Å². The Morgan fingerprint density at radius 3 is 2.84 bits per heavy atom. The molecule has 1 aliphatic carbocycles. The predicted molar refractivity (Wildman–Crippen MR) is 125 cm³/mol. The van der Waals surface area contributed by atoms with E-state index in [2.05, 4.69) is 66.2 Å². The Balaban J connectivity index is 1.36. The molecule has 2 saturated heterocycles. The number of fused-ring (bicyclic) bond motifs is 1. The van der Waals surface area contributed by atoms with Gasteiger partial charge in [-0.2, -0.15) is 0 Å². The number of benzene rings is 2. The van der Waals surface area contributed by atoms with E-state index in [1.807, 2.05) is 12.3 Å². The summed E-state index contributed by atoms with van der Waals surface area (Å²) in [6.45, 7) is 6.61. The number of hydrogen-bond acceptors (Lipinski definition) is 2. The van der Waals surface area contributed by atoms with Gasteiger partial charge in [-0.3, -0.25) is 4.98 Å². The second-order valence-corrected chi connectivity index (χ2v) is 9.92. The van der Waals surface area contributed by atoms with Gasteiger partial charge in [-0.05, 0) is 35.7 Å². The van der Waals surface area contributed by atoms with Gasteiger partial charge in [0.05, 0.1) is 31.6 Å². The molecule has 5 atom stereocenters. The highest BCUT2D eigenvalue weighted by atomic mass is 16.5. The zero-order valence-electron chi connectivity index (χ0n) is 18.3. The Labute approximate surface area is 185 Å². The molecule has 31 heavy (non-hydrogen) atoms.